The largest absolute Gasteiger partial charge is 0.478 e. The summed E-state index contributed by atoms with van der Waals surface area (Å²) in [6.45, 7) is 0. The normalized spacial score (nSPS) is 14.8. The Hall–Kier alpha value is -4.45. The van der Waals surface area contributed by atoms with E-state index < -0.39 is 5.97 Å². The molecule has 6 rings (SSSR count). The monoisotopic (exact) mass is 464 g/mol. The van der Waals surface area contributed by atoms with Crippen molar-refractivity contribution < 1.29 is 19.1 Å². The topological polar surface area (TPSA) is 80.2 Å². The fraction of sp³-hybridized carbons (Fsp3) is 0.103. The van der Waals surface area contributed by atoms with Gasteiger partial charge in [0.25, 0.3) is 0 Å². The number of fused-ring (bicyclic) bond motifs is 5. The average molecular weight is 464 g/mol. The SMILES string of the molecule is O=C(O)c1cncnc1.O=C1Cc2ccc3c(ccc4ccccc43)c2C(c2ccc(F)cc2)C1. The third-order valence-corrected chi connectivity index (χ3v) is 6.31. The molecule has 0 amide bonds. The van der Waals surface area contributed by atoms with E-state index in [0.717, 1.165) is 11.1 Å². The molecular formula is C29H21FN2O3. The fourth-order valence-corrected chi connectivity index (χ4v) is 4.73. The molecule has 5 aromatic rings. The summed E-state index contributed by atoms with van der Waals surface area (Å²) in [5, 5.41) is 13.2. The summed E-state index contributed by atoms with van der Waals surface area (Å²) in [6, 6.07) is 23.5. The lowest BCUT2D eigenvalue weighted by molar-refractivity contribution is -0.119. The minimum absolute atomic E-state index is 0.0169. The minimum atomic E-state index is -1.00. The number of benzene rings is 4. The second kappa shape index (κ2) is 9.43. The van der Waals surface area contributed by atoms with Gasteiger partial charge in [-0.1, -0.05) is 60.7 Å². The number of nitrogens with zero attached hydrogens (tertiary/aromatic N) is 2. The lowest BCUT2D eigenvalue weighted by Crippen LogP contribution is -2.19. The van der Waals surface area contributed by atoms with E-state index in [-0.39, 0.29) is 23.1 Å². The molecule has 0 saturated heterocycles. The molecule has 1 atom stereocenters. The molecule has 172 valence electrons. The molecule has 4 aromatic carbocycles. The van der Waals surface area contributed by atoms with Crippen molar-refractivity contribution in [3.8, 4) is 0 Å². The highest BCUT2D eigenvalue weighted by Crippen LogP contribution is 2.41. The summed E-state index contributed by atoms with van der Waals surface area (Å²) in [5.41, 5.74) is 3.43. The molecule has 0 radical (unpaired) electrons. The van der Waals surface area contributed by atoms with E-state index in [1.54, 1.807) is 0 Å². The Kier molecular flexibility index (Phi) is 6.02. The van der Waals surface area contributed by atoms with Gasteiger partial charge in [-0.3, -0.25) is 4.79 Å². The van der Waals surface area contributed by atoms with E-state index in [4.69, 9.17) is 5.11 Å². The van der Waals surface area contributed by atoms with Crippen molar-refractivity contribution in [2.24, 2.45) is 0 Å². The second-order valence-electron chi connectivity index (χ2n) is 8.48. The number of Topliss-reactive ketones (excluding diaryl/α,β-unsaturated/α-hetero) is 1. The van der Waals surface area contributed by atoms with E-state index >= 15 is 0 Å². The number of aromatic nitrogens is 2. The van der Waals surface area contributed by atoms with Crippen LogP contribution in [0.3, 0.4) is 0 Å². The van der Waals surface area contributed by atoms with Gasteiger partial charge < -0.3 is 5.11 Å². The second-order valence-corrected chi connectivity index (χ2v) is 8.48. The zero-order valence-electron chi connectivity index (χ0n) is 18.7. The first-order valence-corrected chi connectivity index (χ1v) is 11.2. The number of rotatable bonds is 2. The molecule has 0 aliphatic heterocycles. The van der Waals surface area contributed by atoms with Crippen LogP contribution < -0.4 is 0 Å². The van der Waals surface area contributed by atoms with Gasteiger partial charge in [-0.15, -0.1) is 0 Å². The van der Waals surface area contributed by atoms with Gasteiger partial charge in [-0.25, -0.2) is 19.2 Å². The molecule has 6 heteroatoms. The molecular weight excluding hydrogens is 443 g/mol. The maximum absolute atomic E-state index is 13.4. The van der Waals surface area contributed by atoms with E-state index in [1.165, 1.54) is 58.0 Å². The highest BCUT2D eigenvalue weighted by molar-refractivity contribution is 6.09. The smallest absolute Gasteiger partial charge is 0.338 e. The van der Waals surface area contributed by atoms with Gasteiger partial charge in [0.2, 0.25) is 0 Å². The Bertz CT molecular complexity index is 1550. The van der Waals surface area contributed by atoms with E-state index in [0.29, 0.717) is 12.8 Å². The molecule has 5 nitrogen and oxygen atoms in total. The molecule has 1 aliphatic carbocycles. The Labute approximate surface area is 200 Å². The Morgan fingerprint density at radius 3 is 2.29 bits per heavy atom. The number of carboxylic acids is 1. The van der Waals surface area contributed by atoms with Crippen molar-refractivity contribution in [1.82, 2.24) is 9.97 Å². The first kappa shape index (κ1) is 22.3. The minimum Gasteiger partial charge on any atom is -0.478 e. The summed E-state index contributed by atoms with van der Waals surface area (Å²) in [6.07, 6.45) is 4.73. The van der Waals surface area contributed by atoms with Crippen molar-refractivity contribution in [3.05, 3.63) is 120 Å². The van der Waals surface area contributed by atoms with Crippen LogP contribution in [0.2, 0.25) is 0 Å². The van der Waals surface area contributed by atoms with Crippen LogP contribution in [0.1, 0.15) is 39.4 Å². The zero-order valence-corrected chi connectivity index (χ0v) is 18.7. The van der Waals surface area contributed by atoms with Crippen molar-refractivity contribution in [2.75, 3.05) is 0 Å². The van der Waals surface area contributed by atoms with Crippen molar-refractivity contribution >= 4 is 33.3 Å². The molecule has 0 saturated carbocycles. The summed E-state index contributed by atoms with van der Waals surface area (Å²) < 4.78 is 13.4. The van der Waals surface area contributed by atoms with Crippen molar-refractivity contribution in [2.45, 2.75) is 18.8 Å². The summed E-state index contributed by atoms with van der Waals surface area (Å²) in [5.74, 6) is -1.03. The summed E-state index contributed by atoms with van der Waals surface area (Å²) >= 11 is 0. The molecule has 1 unspecified atom stereocenters. The quantitative estimate of drug-likeness (QED) is 0.326. The van der Waals surface area contributed by atoms with E-state index in [9.17, 15) is 14.0 Å². The lowest BCUT2D eigenvalue weighted by atomic mass is 9.76. The number of halogens is 1. The Balaban J connectivity index is 0.000000239. The molecule has 1 aliphatic rings. The van der Waals surface area contributed by atoms with Crippen LogP contribution in [0.5, 0.6) is 0 Å². The lowest BCUT2D eigenvalue weighted by Gasteiger charge is -2.27. The van der Waals surface area contributed by atoms with Crippen molar-refractivity contribution in [3.63, 3.8) is 0 Å². The summed E-state index contributed by atoms with van der Waals surface area (Å²) in [4.78, 5) is 29.5. The standard InChI is InChI=1S/C24H17FO.C5H4N2O2/c25-18-9-5-16(6-10-18)23-14-19(26)13-17-8-11-21-20-4-2-1-3-15(20)7-12-22(21)24(17)23;8-5(9)4-1-6-3-7-2-4/h1-12,23H,13-14H2;1-3H,(H,8,9). The number of carbonyl (C=O) groups is 2. The fourth-order valence-electron chi connectivity index (χ4n) is 4.73. The Morgan fingerprint density at radius 2 is 1.57 bits per heavy atom. The van der Waals surface area contributed by atoms with E-state index in [1.807, 2.05) is 18.2 Å². The predicted molar refractivity (Wildman–Crippen MR) is 132 cm³/mol. The maximum Gasteiger partial charge on any atom is 0.338 e. The molecule has 0 fully saturated rings. The van der Waals surface area contributed by atoms with Crippen LogP contribution >= 0.6 is 0 Å². The molecule has 35 heavy (non-hydrogen) atoms. The maximum atomic E-state index is 13.4. The Morgan fingerprint density at radius 1 is 0.857 bits per heavy atom. The third kappa shape index (κ3) is 4.51. The van der Waals surface area contributed by atoms with Crippen molar-refractivity contribution in [1.29, 1.82) is 0 Å². The number of aromatic carboxylic acids is 1. The number of carboxylic acid groups (broad SMARTS) is 1. The van der Waals surface area contributed by atoms with Gasteiger partial charge in [0.05, 0.1) is 5.56 Å². The van der Waals surface area contributed by atoms with Crippen LogP contribution in [-0.2, 0) is 11.2 Å². The van der Waals surface area contributed by atoms with Gasteiger partial charge in [-0.05, 0) is 50.4 Å². The predicted octanol–water partition coefficient (Wildman–Crippen LogP) is 5.95. The zero-order chi connectivity index (χ0) is 24.4. The third-order valence-electron chi connectivity index (χ3n) is 6.31. The first-order valence-electron chi connectivity index (χ1n) is 11.2. The number of hydrogen-bond donors (Lipinski definition) is 1. The van der Waals surface area contributed by atoms with Gasteiger partial charge in [0.15, 0.2) is 0 Å². The van der Waals surface area contributed by atoms with Crippen LogP contribution in [0, 0.1) is 5.82 Å². The number of carbonyl (C=O) groups excluding carboxylic acids is 1. The highest BCUT2D eigenvalue weighted by atomic mass is 19.1. The summed E-state index contributed by atoms with van der Waals surface area (Å²) in [7, 11) is 0. The van der Waals surface area contributed by atoms with Gasteiger partial charge in [0, 0.05) is 31.2 Å². The van der Waals surface area contributed by atoms with E-state index in [2.05, 4.69) is 52.4 Å². The molecule has 1 N–H and O–H groups in total. The molecule has 1 heterocycles. The van der Waals surface area contributed by atoms with Gasteiger partial charge in [0.1, 0.15) is 17.9 Å². The van der Waals surface area contributed by atoms with Crippen LogP contribution in [-0.4, -0.2) is 26.8 Å². The molecule has 0 bridgehead atoms. The molecule has 0 spiro atoms. The van der Waals surface area contributed by atoms with Crippen LogP contribution in [0.15, 0.2) is 91.5 Å². The first-order chi connectivity index (χ1) is 17.0. The average Bonchev–Trinajstić information content (AvgIpc) is 2.89. The number of ketones is 1. The number of hydrogen-bond acceptors (Lipinski definition) is 4. The van der Waals surface area contributed by atoms with Crippen LogP contribution in [0.25, 0.3) is 21.5 Å². The molecule has 1 aromatic heterocycles. The highest BCUT2D eigenvalue weighted by Gasteiger charge is 2.28. The van der Waals surface area contributed by atoms with Gasteiger partial charge in [-0.2, -0.15) is 0 Å². The van der Waals surface area contributed by atoms with Gasteiger partial charge >= 0.3 is 5.97 Å². The van der Waals surface area contributed by atoms with Crippen LogP contribution in [0.4, 0.5) is 4.39 Å².